The standard InChI is InChI=1S/C22H22ClN3O4/c1-13(2)29-19-7-6-15(9-18(19)23)20-24-21(30-25-20)16-5-3-4-14(8-16)10-26-11-17(12-26)22(27)28/h3-9,13,17H,10-12H2,1-2H3,(H,27,28). The van der Waals surface area contributed by atoms with E-state index in [2.05, 4.69) is 15.0 Å². The van der Waals surface area contributed by atoms with Crippen molar-refractivity contribution in [1.29, 1.82) is 0 Å². The van der Waals surface area contributed by atoms with E-state index in [-0.39, 0.29) is 12.0 Å². The van der Waals surface area contributed by atoms with Crippen molar-refractivity contribution >= 4 is 17.6 Å². The molecule has 0 atom stereocenters. The van der Waals surface area contributed by atoms with Crippen LogP contribution >= 0.6 is 11.6 Å². The minimum Gasteiger partial charge on any atom is -0.489 e. The number of hydrogen-bond donors (Lipinski definition) is 1. The van der Waals surface area contributed by atoms with Gasteiger partial charge >= 0.3 is 5.97 Å². The lowest BCUT2D eigenvalue weighted by molar-refractivity contribution is -0.147. The van der Waals surface area contributed by atoms with Gasteiger partial charge < -0.3 is 14.4 Å². The molecule has 0 spiro atoms. The molecule has 2 aromatic carbocycles. The molecule has 0 saturated carbocycles. The van der Waals surface area contributed by atoms with Crippen molar-refractivity contribution in [2.75, 3.05) is 13.1 Å². The third-order valence-corrected chi connectivity index (χ3v) is 5.16. The van der Waals surface area contributed by atoms with Crippen molar-refractivity contribution in [2.24, 2.45) is 5.92 Å². The summed E-state index contributed by atoms with van der Waals surface area (Å²) in [6.07, 6.45) is 0.0312. The van der Waals surface area contributed by atoms with Crippen LogP contribution in [-0.4, -0.2) is 45.3 Å². The highest BCUT2D eigenvalue weighted by Crippen LogP contribution is 2.31. The predicted octanol–water partition coefficient (Wildman–Crippen LogP) is 4.36. The van der Waals surface area contributed by atoms with Gasteiger partial charge in [0.2, 0.25) is 5.82 Å². The van der Waals surface area contributed by atoms with Crippen LogP contribution in [0.5, 0.6) is 5.75 Å². The fourth-order valence-electron chi connectivity index (χ4n) is 3.36. The predicted molar refractivity (Wildman–Crippen MR) is 112 cm³/mol. The Balaban J connectivity index is 1.48. The second-order valence-corrected chi connectivity index (χ2v) is 8.07. The molecule has 2 heterocycles. The van der Waals surface area contributed by atoms with Crippen molar-refractivity contribution in [3.63, 3.8) is 0 Å². The minimum absolute atomic E-state index is 0.0312. The maximum atomic E-state index is 11.0. The summed E-state index contributed by atoms with van der Waals surface area (Å²) in [5, 5.41) is 13.6. The van der Waals surface area contributed by atoms with E-state index in [0.717, 1.165) is 16.7 Å². The molecule has 1 aliphatic heterocycles. The van der Waals surface area contributed by atoms with Gasteiger partial charge in [0.1, 0.15) is 5.75 Å². The number of likely N-dealkylation sites (tertiary alicyclic amines) is 1. The first-order valence-electron chi connectivity index (χ1n) is 9.74. The van der Waals surface area contributed by atoms with Crippen molar-refractivity contribution in [3.05, 3.63) is 53.1 Å². The van der Waals surface area contributed by atoms with Crippen LogP contribution in [0.4, 0.5) is 0 Å². The van der Waals surface area contributed by atoms with E-state index in [9.17, 15) is 4.79 Å². The van der Waals surface area contributed by atoms with E-state index < -0.39 is 5.97 Å². The topological polar surface area (TPSA) is 88.7 Å². The molecule has 0 amide bonds. The minimum atomic E-state index is -0.734. The summed E-state index contributed by atoms with van der Waals surface area (Å²) in [5.74, 6) is 0.471. The molecule has 3 aromatic rings. The van der Waals surface area contributed by atoms with Crippen LogP contribution in [-0.2, 0) is 11.3 Å². The second-order valence-electron chi connectivity index (χ2n) is 7.66. The Morgan fingerprint density at radius 1 is 1.27 bits per heavy atom. The van der Waals surface area contributed by atoms with Crippen LogP contribution < -0.4 is 4.74 Å². The van der Waals surface area contributed by atoms with E-state index in [0.29, 0.717) is 42.1 Å². The summed E-state index contributed by atoms with van der Waals surface area (Å²) in [6, 6.07) is 13.2. The van der Waals surface area contributed by atoms with Gasteiger partial charge in [-0.3, -0.25) is 9.69 Å². The van der Waals surface area contributed by atoms with Crippen LogP contribution in [0.2, 0.25) is 5.02 Å². The van der Waals surface area contributed by atoms with Crippen molar-refractivity contribution in [3.8, 4) is 28.6 Å². The van der Waals surface area contributed by atoms with Crippen molar-refractivity contribution in [1.82, 2.24) is 15.0 Å². The number of halogens is 1. The highest BCUT2D eigenvalue weighted by atomic mass is 35.5. The molecule has 0 radical (unpaired) electrons. The summed E-state index contributed by atoms with van der Waals surface area (Å²) in [5.41, 5.74) is 2.62. The maximum absolute atomic E-state index is 11.0. The lowest BCUT2D eigenvalue weighted by atomic mass is 9.99. The smallest absolute Gasteiger partial charge is 0.309 e. The van der Waals surface area contributed by atoms with Gasteiger partial charge in [0.25, 0.3) is 5.89 Å². The van der Waals surface area contributed by atoms with E-state index in [1.807, 2.05) is 44.2 Å². The fraction of sp³-hybridized carbons (Fsp3) is 0.318. The van der Waals surface area contributed by atoms with Crippen LogP contribution in [0.15, 0.2) is 47.0 Å². The molecule has 0 unspecified atom stereocenters. The van der Waals surface area contributed by atoms with Crippen molar-refractivity contribution in [2.45, 2.75) is 26.5 Å². The first-order valence-corrected chi connectivity index (χ1v) is 10.1. The zero-order valence-electron chi connectivity index (χ0n) is 16.7. The number of ether oxygens (including phenoxy) is 1. The third-order valence-electron chi connectivity index (χ3n) is 4.87. The average molecular weight is 428 g/mol. The fourth-order valence-corrected chi connectivity index (χ4v) is 3.59. The molecule has 1 aromatic heterocycles. The van der Waals surface area contributed by atoms with Crippen LogP contribution in [0.25, 0.3) is 22.8 Å². The lowest BCUT2D eigenvalue weighted by Gasteiger charge is -2.36. The monoisotopic (exact) mass is 427 g/mol. The van der Waals surface area contributed by atoms with Crippen LogP contribution in [0, 0.1) is 5.92 Å². The number of aliphatic carboxylic acids is 1. The summed E-state index contributed by atoms with van der Waals surface area (Å²) in [4.78, 5) is 17.6. The van der Waals surface area contributed by atoms with Gasteiger partial charge in [-0.1, -0.05) is 28.9 Å². The molecular formula is C22H22ClN3O4. The van der Waals surface area contributed by atoms with Gasteiger partial charge in [-0.15, -0.1) is 0 Å². The SMILES string of the molecule is CC(C)Oc1ccc(-c2noc(-c3cccc(CN4CC(C(=O)O)C4)c3)n2)cc1Cl. The Morgan fingerprint density at radius 3 is 2.77 bits per heavy atom. The van der Waals surface area contributed by atoms with Gasteiger partial charge in [-0.05, 0) is 49.7 Å². The first-order chi connectivity index (χ1) is 14.4. The van der Waals surface area contributed by atoms with E-state index >= 15 is 0 Å². The van der Waals surface area contributed by atoms with Gasteiger partial charge in [0, 0.05) is 30.8 Å². The molecule has 4 rings (SSSR count). The number of rotatable bonds is 7. The number of aromatic nitrogens is 2. The molecular weight excluding hydrogens is 406 g/mol. The van der Waals surface area contributed by atoms with E-state index in [4.69, 9.17) is 26.0 Å². The first kappa shape index (κ1) is 20.4. The Hall–Kier alpha value is -2.90. The highest BCUT2D eigenvalue weighted by molar-refractivity contribution is 6.32. The Morgan fingerprint density at radius 2 is 2.07 bits per heavy atom. The molecule has 0 bridgehead atoms. The molecule has 8 heteroatoms. The molecule has 7 nitrogen and oxygen atoms in total. The van der Waals surface area contributed by atoms with Gasteiger partial charge in [-0.2, -0.15) is 4.98 Å². The van der Waals surface area contributed by atoms with E-state index in [1.165, 1.54) is 0 Å². The number of carbonyl (C=O) groups is 1. The lowest BCUT2D eigenvalue weighted by Crippen LogP contribution is -2.49. The maximum Gasteiger partial charge on any atom is 0.309 e. The number of carboxylic acid groups (broad SMARTS) is 1. The van der Waals surface area contributed by atoms with Crippen LogP contribution in [0.3, 0.4) is 0 Å². The Labute approximate surface area is 179 Å². The number of carboxylic acids is 1. The average Bonchev–Trinajstić information content (AvgIpc) is 3.16. The zero-order chi connectivity index (χ0) is 21.3. The normalized spacial score (nSPS) is 14.7. The quantitative estimate of drug-likeness (QED) is 0.599. The second kappa shape index (κ2) is 8.45. The van der Waals surface area contributed by atoms with E-state index in [1.54, 1.807) is 12.1 Å². The summed E-state index contributed by atoms with van der Waals surface area (Å²) in [7, 11) is 0. The highest BCUT2D eigenvalue weighted by Gasteiger charge is 2.32. The third kappa shape index (κ3) is 4.47. The van der Waals surface area contributed by atoms with Crippen LogP contribution in [0.1, 0.15) is 19.4 Å². The number of nitrogens with zero attached hydrogens (tertiary/aromatic N) is 3. The molecule has 1 N–H and O–H groups in total. The molecule has 1 fully saturated rings. The molecule has 1 saturated heterocycles. The summed E-state index contributed by atoms with van der Waals surface area (Å²) in [6.45, 7) is 5.71. The number of hydrogen-bond acceptors (Lipinski definition) is 6. The molecule has 1 aliphatic rings. The molecule has 156 valence electrons. The molecule has 0 aliphatic carbocycles. The number of benzene rings is 2. The van der Waals surface area contributed by atoms with Crippen molar-refractivity contribution < 1.29 is 19.2 Å². The Kier molecular flexibility index (Phi) is 5.74. The largest absolute Gasteiger partial charge is 0.489 e. The summed E-state index contributed by atoms with van der Waals surface area (Å²) >= 11 is 6.31. The van der Waals surface area contributed by atoms with Gasteiger partial charge in [-0.25, -0.2) is 0 Å². The summed E-state index contributed by atoms with van der Waals surface area (Å²) < 4.78 is 11.1. The molecule has 30 heavy (non-hydrogen) atoms. The van der Waals surface area contributed by atoms with Gasteiger partial charge in [0.05, 0.1) is 17.0 Å². The van der Waals surface area contributed by atoms with Gasteiger partial charge in [0.15, 0.2) is 0 Å². The zero-order valence-corrected chi connectivity index (χ0v) is 17.5. The Bertz CT molecular complexity index is 1060.